The van der Waals surface area contributed by atoms with E-state index in [-0.39, 0.29) is 18.1 Å². The van der Waals surface area contributed by atoms with Crippen LogP contribution in [0.5, 0.6) is 0 Å². The van der Waals surface area contributed by atoms with E-state index in [9.17, 15) is 23.1 Å². The van der Waals surface area contributed by atoms with Gasteiger partial charge in [-0.15, -0.1) is 0 Å². The summed E-state index contributed by atoms with van der Waals surface area (Å²) in [7, 11) is 0. The summed E-state index contributed by atoms with van der Waals surface area (Å²) in [5.41, 5.74) is 0.749. The second kappa shape index (κ2) is 9.54. The van der Waals surface area contributed by atoms with Gasteiger partial charge in [0.05, 0.1) is 18.3 Å². The SMILES string of the molecule is CCC1CC[C@@]2(C)C(CC[C@@H]2OCCC(=O)C(F)(F)F)C1C/C=C1\CCC[C@](C)(O)C1. The molecule has 0 bridgehead atoms. The molecule has 1 N–H and O–H groups in total. The van der Waals surface area contributed by atoms with Gasteiger partial charge in [-0.2, -0.15) is 13.2 Å². The maximum Gasteiger partial charge on any atom is 0.450 e. The van der Waals surface area contributed by atoms with Crippen molar-refractivity contribution >= 4 is 5.78 Å². The molecule has 178 valence electrons. The Morgan fingerprint density at radius 3 is 2.61 bits per heavy atom. The first-order valence-corrected chi connectivity index (χ1v) is 12.1. The summed E-state index contributed by atoms with van der Waals surface area (Å²) in [5, 5.41) is 10.4. The van der Waals surface area contributed by atoms with Gasteiger partial charge in [0, 0.05) is 6.42 Å². The number of ether oxygens (including phenoxy) is 1. The van der Waals surface area contributed by atoms with Crippen LogP contribution in [0.25, 0.3) is 0 Å². The lowest BCUT2D eigenvalue weighted by atomic mass is 9.58. The van der Waals surface area contributed by atoms with E-state index in [1.54, 1.807) is 0 Å². The van der Waals surface area contributed by atoms with Gasteiger partial charge in [0.2, 0.25) is 5.78 Å². The van der Waals surface area contributed by atoms with Gasteiger partial charge in [0.25, 0.3) is 0 Å². The van der Waals surface area contributed by atoms with Crippen LogP contribution in [0.15, 0.2) is 11.6 Å². The highest BCUT2D eigenvalue weighted by Crippen LogP contribution is 2.58. The normalized spacial score (nSPS) is 40.2. The third-order valence-electron chi connectivity index (χ3n) is 8.49. The van der Waals surface area contributed by atoms with E-state index in [1.165, 1.54) is 5.57 Å². The highest BCUT2D eigenvalue weighted by Gasteiger charge is 2.53. The molecule has 0 aromatic rings. The van der Waals surface area contributed by atoms with E-state index in [0.29, 0.717) is 17.8 Å². The molecule has 3 fully saturated rings. The van der Waals surface area contributed by atoms with Gasteiger partial charge >= 0.3 is 6.18 Å². The molecule has 3 unspecified atom stereocenters. The molecule has 0 aromatic carbocycles. The Morgan fingerprint density at radius 1 is 1.23 bits per heavy atom. The topological polar surface area (TPSA) is 46.5 Å². The Kier molecular flexibility index (Phi) is 7.62. The molecule has 0 radical (unpaired) electrons. The van der Waals surface area contributed by atoms with Crippen LogP contribution in [0, 0.1) is 23.2 Å². The van der Waals surface area contributed by atoms with Crippen molar-refractivity contribution in [1.29, 1.82) is 0 Å². The molecule has 0 aromatic heterocycles. The number of carbonyl (C=O) groups excluding carboxylic acids is 1. The highest BCUT2D eigenvalue weighted by atomic mass is 19.4. The van der Waals surface area contributed by atoms with Crippen molar-refractivity contribution in [2.24, 2.45) is 23.2 Å². The number of allylic oxidation sites excluding steroid dienone is 1. The average molecular weight is 445 g/mol. The van der Waals surface area contributed by atoms with Crippen molar-refractivity contribution in [2.75, 3.05) is 6.61 Å². The van der Waals surface area contributed by atoms with Crippen LogP contribution in [-0.4, -0.2) is 35.4 Å². The smallest absolute Gasteiger partial charge is 0.390 e. The summed E-state index contributed by atoms with van der Waals surface area (Å²) in [6.45, 7) is 6.28. The minimum absolute atomic E-state index is 0.0336. The van der Waals surface area contributed by atoms with E-state index in [4.69, 9.17) is 4.74 Å². The number of aliphatic hydroxyl groups is 1. The number of rotatable bonds is 7. The lowest BCUT2D eigenvalue weighted by molar-refractivity contribution is -0.173. The average Bonchev–Trinajstić information content (AvgIpc) is 3.01. The van der Waals surface area contributed by atoms with Crippen molar-refractivity contribution in [3.8, 4) is 0 Å². The van der Waals surface area contributed by atoms with Crippen LogP contribution in [0.3, 0.4) is 0 Å². The van der Waals surface area contributed by atoms with Gasteiger partial charge in [-0.1, -0.05) is 31.9 Å². The molecular formula is C25H39F3O3. The third-order valence-corrected chi connectivity index (χ3v) is 8.49. The van der Waals surface area contributed by atoms with Gasteiger partial charge in [-0.25, -0.2) is 0 Å². The van der Waals surface area contributed by atoms with Crippen LogP contribution in [0.1, 0.15) is 91.4 Å². The molecule has 31 heavy (non-hydrogen) atoms. The van der Waals surface area contributed by atoms with Gasteiger partial charge in [0.1, 0.15) is 0 Å². The van der Waals surface area contributed by atoms with Gasteiger partial charge < -0.3 is 9.84 Å². The van der Waals surface area contributed by atoms with Crippen molar-refractivity contribution in [2.45, 2.75) is 109 Å². The molecule has 3 aliphatic carbocycles. The van der Waals surface area contributed by atoms with Crippen LogP contribution in [0.2, 0.25) is 0 Å². The van der Waals surface area contributed by atoms with E-state index >= 15 is 0 Å². The zero-order valence-electron chi connectivity index (χ0n) is 19.3. The summed E-state index contributed by atoms with van der Waals surface area (Å²) in [4.78, 5) is 11.2. The fourth-order valence-electron chi connectivity index (χ4n) is 6.73. The number of ketones is 1. The summed E-state index contributed by atoms with van der Waals surface area (Å²) in [6.07, 6.45) is 6.90. The van der Waals surface area contributed by atoms with Crippen LogP contribution >= 0.6 is 0 Å². The molecule has 6 atom stereocenters. The molecule has 0 aliphatic heterocycles. The van der Waals surface area contributed by atoms with Crippen LogP contribution in [-0.2, 0) is 9.53 Å². The minimum atomic E-state index is -4.77. The monoisotopic (exact) mass is 444 g/mol. The lowest BCUT2D eigenvalue weighted by Crippen LogP contribution is -2.44. The van der Waals surface area contributed by atoms with Crippen molar-refractivity contribution in [3.05, 3.63) is 11.6 Å². The Hall–Kier alpha value is -0.880. The molecule has 0 amide bonds. The molecule has 3 saturated carbocycles. The molecule has 6 heteroatoms. The van der Waals surface area contributed by atoms with Crippen molar-refractivity contribution in [3.63, 3.8) is 0 Å². The number of Topliss-reactive ketones (excluding diaryl/α,β-unsaturated/α-hetero) is 1. The number of hydrogen-bond donors (Lipinski definition) is 1. The maximum absolute atomic E-state index is 12.5. The quantitative estimate of drug-likeness (QED) is 0.463. The zero-order valence-corrected chi connectivity index (χ0v) is 19.3. The van der Waals surface area contributed by atoms with Crippen molar-refractivity contribution in [1.82, 2.24) is 0 Å². The molecule has 0 heterocycles. The number of alkyl halides is 3. The molecule has 3 nitrogen and oxygen atoms in total. The van der Waals surface area contributed by atoms with Crippen molar-refractivity contribution < 1.29 is 27.8 Å². The number of halogens is 3. The molecular weight excluding hydrogens is 405 g/mol. The first-order chi connectivity index (χ1) is 14.5. The lowest BCUT2D eigenvalue weighted by Gasteiger charge is -2.48. The van der Waals surface area contributed by atoms with E-state index in [1.807, 2.05) is 6.92 Å². The second-order valence-corrected chi connectivity index (χ2v) is 10.7. The summed E-state index contributed by atoms with van der Waals surface area (Å²) in [5.74, 6) is 0.00309. The third kappa shape index (κ3) is 5.73. The summed E-state index contributed by atoms with van der Waals surface area (Å²) < 4.78 is 43.4. The van der Waals surface area contributed by atoms with E-state index in [0.717, 1.165) is 64.2 Å². The molecule has 0 spiro atoms. The van der Waals surface area contributed by atoms with Crippen LogP contribution < -0.4 is 0 Å². The Bertz CT molecular complexity index is 669. The molecule has 3 rings (SSSR count). The Labute approximate surface area is 184 Å². The van der Waals surface area contributed by atoms with Crippen LogP contribution in [0.4, 0.5) is 13.2 Å². The molecule has 0 saturated heterocycles. The Morgan fingerprint density at radius 2 is 1.97 bits per heavy atom. The predicted molar refractivity (Wildman–Crippen MR) is 115 cm³/mol. The first-order valence-electron chi connectivity index (χ1n) is 12.1. The van der Waals surface area contributed by atoms with E-state index < -0.39 is 24.0 Å². The Balaban J connectivity index is 1.64. The number of carbonyl (C=O) groups is 1. The number of fused-ring (bicyclic) bond motifs is 1. The highest BCUT2D eigenvalue weighted by molar-refractivity contribution is 5.84. The van der Waals surface area contributed by atoms with Gasteiger partial charge in [-0.05, 0) is 87.9 Å². The predicted octanol–water partition coefficient (Wildman–Crippen LogP) is 6.39. The number of hydrogen-bond acceptors (Lipinski definition) is 3. The first kappa shape index (κ1) is 24.8. The largest absolute Gasteiger partial charge is 0.450 e. The maximum atomic E-state index is 12.5. The standard InChI is InChI=1S/C25H39F3O3/c1-4-18-11-14-24(3)20(9-10-22(24)31-15-12-21(29)25(26,27)28)19(18)8-7-17-6-5-13-23(2,30)16-17/h7,18-20,22,30H,4-6,8-16H2,1-3H3/b17-7+/t18?,19?,20?,22-,23-,24-/m0/s1. The fraction of sp³-hybridized carbons (Fsp3) is 0.880. The summed E-state index contributed by atoms with van der Waals surface area (Å²) >= 11 is 0. The minimum Gasteiger partial charge on any atom is -0.390 e. The van der Waals surface area contributed by atoms with Gasteiger partial charge in [0.15, 0.2) is 0 Å². The molecule has 3 aliphatic rings. The fourth-order valence-corrected chi connectivity index (χ4v) is 6.73. The summed E-state index contributed by atoms with van der Waals surface area (Å²) in [6, 6.07) is 0. The van der Waals surface area contributed by atoms with Gasteiger partial charge in [-0.3, -0.25) is 4.79 Å². The van der Waals surface area contributed by atoms with E-state index in [2.05, 4.69) is 19.9 Å². The second-order valence-electron chi connectivity index (χ2n) is 10.7. The zero-order chi connectivity index (χ0) is 22.9.